The maximum absolute atomic E-state index is 13.0. The predicted octanol–water partition coefficient (Wildman–Crippen LogP) is 4.64. The maximum atomic E-state index is 13.0. The van der Waals surface area contributed by atoms with Crippen molar-refractivity contribution in [2.45, 2.75) is 39.0 Å². The molecule has 1 saturated heterocycles. The highest BCUT2D eigenvalue weighted by Crippen LogP contribution is 2.34. The molecule has 1 fully saturated rings. The van der Waals surface area contributed by atoms with E-state index >= 15 is 0 Å². The smallest absolute Gasteiger partial charge is 0.163 e. The van der Waals surface area contributed by atoms with Crippen LogP contribution in [0.15, 0.2) is 36.4 Å². The topological polar surface area (TPSA) is 33.7 Å². The molecular formula is C22H28ClFN2O2. The minimum atomic E-state index is -0.263. The molecule has 4 nitrogen and oxygen atoms in total. The molecule has 0 amide bonds. The molecule has 2 aromatic rings. The second-order valence-electron chi connectivity index (χ2n) is 7.07. The summed E-state index contributed by atoms with van der Waals surface area (Å²) in [4.78, 5) is 2.52. The number of hydrogen-bond acceptors (Lipinski definition) is 4. The summed E-state index contributed by atoms with van der Waals surface area (Å²) in [5.41, 5.74) is 1.86. The van der Waals surface area contributed by atoms with E-state index in [1.165, 1.54) is 31.5 Å². The van der Waals surface area contributed by atoms with Crippen molar-refractivity contribution in [1.82, 2.24) is 10.2 Å². The summed E-state index contributed by atoms with van der Waals surface area (Å²) in [6.07, 6.45) is 2.52. The van der Waals surface area contributed by atoms with Gasteiger partial charge in [0.15, 0.2) is 11.5 Å². The standard InChI is InChI=1S/C22H28ClFN2O2/c1-3-26-10-4-5-19(26)14-25-13-17-11-21(27-2)22(12-20(17)23)28-15-16-6-8-18(24)9-7-16/h6-9,11-12,19,25H,3-5,10,13-15H2,1-2H3. The van der Waals surface area contributed by atoms with Crippen molar-refractivity contribution in [2.24, 2.45) is 0 Å². The maximum Gasteiger partial charge on any atom is 0.163 e. The second kappa shape index (κ2) is 10.1. The fraction of sp³-hybridized carbons (Fsp3) is 0.455. The number of benzene rings is 2. The quantitative estimate of drug-likeness (QED) is 0.657. The molecule has 0 aromatic heterocycles. The van der Waals surface area contributed by atoms with E-state index in [9.17, 15) is 4.39 Å². The zero-order chi connectivity index (χ0) is 19.9. The molecule has 0 saturated carbocycles. The summed E-state index contributed by atoms with van der Waals surface area (Å²) in [7, 11) is 1.61. The van der Waals surface area contributed by atoms with Crippen molar-refractivity contribution in [3.05, 3.63) is 58.4 Å². The molecule has 1 heterocycles. The highest BCUT2D eigenvalue weighted by Gasteiger charge is 2.22. The lowest BCUT2D eigenvalue weighted by atomic mass is 10.1. The normalized spacial score (nSPS) is 17.1. The Morgan fingerprint density at radius 2 is 2.00 bits per heavy atom. The Morgan fingerprint density at radius 3 is 2.71 bits per heavy atom. The fourth-order valence-corrected chi connectivity index (χ4v) is 3.86. The van der Waals surface area contributed by atoms with Crippen molar-refractivity contribution in [1.29, 1.82) is 0 Å². The first-order valence-electron chi connectivity index (χ1n) is 9.79. The Labute approximate surface area is 171 Å². The van der Waals surface area contributed by atoms with Gasteiger partial charge in [-0.05, 0) is 55.3 Å². The zero-order valence-corrected chi connectivity index (χ0v) is 17.3. The molecule has 1 aliphatic heterocycles. The van der Waals surface area contributed by atoms with Gasteiger partial charge in [-0.15, -0.1) is 0 Å². The predicted molar refractivity (Wildman–Crippen MR) is 111 cm³/mol. The zero-order valence-electron chi connectivity index (χ0n) is 16.5. The van der Waals surface area contributed by atoms with E-state index in [2.05, 4.69) is 17.1 Å². The van der Waals surface area contributed by atoms with E-state index in [0.29, 0.717) is 35.7 Å². The van der Waals surface area contributed by atoms with Crippen LogP contribution in [0.3, 0.4) is 0 Å². The van der Waals surface area contributed by atoms with Crippen LogP contribution in [0.5, 0.6) is 11.5 Å². The van der Waals surface area contributed by atoms with Gasteiger partial charge < -0.3 is 14.8 Å². The number of nitrogens with zero attached hydrogens (tertiary/aromatic N) is 1. The molecule has 1 N–H and O–H groups in total. The molecule has 0 bridgehead atoms. The lowest BCUT2D eigenvalue weighted by Gasteiger charge is -2.23. The number of likely N-dealkylation sites (tertiary alicyclic amines) is 1. The molecule has 0 spiro atoms. The summed E-state index contributed by atoms with van der Waals surface area (Å²) >= 11 is 6.48. The van der Waals surface area contributed by atoms with Crippen LogP contribution in [0.4, 0.5) is 4.39 Å². The number of halogens is 2. The highest BCUT2D eigenvalue weighted by atomic mass is 35.5. The Bertz CT molecular complexity index is 770. The average molecular weight is 407 g/mol. The van der Waals surface area contributed by atoms with Gasteiger partial charge in [0.2, 0.25) is 0 Å². The van der Waals surface area contributed by atoms with Gasteiger partial charge >= 0.3 is 0 Å². The van der Waals surface area contributed by atoms with Gasteiger partial charge in [0, 0.05) is 30.2 Å². The van der Waals surface area contributed by atoms with E-state index in [1.807, 2.05) is 6.07 Å². The first kappa shape index (κ1) is 20.9. The third-order valence-electron chi connectivity index (χ3n) is 5.24. The van der Waals surface area contributed by atoms with E-state index in [0.717, 1.165) is 24.2 Å². The molecule has 152 valence electrons. The van der Waals surface area contributed by atoms with Crippen molar-refractivity contribution < 1.29 is 13.9 Å². The summed E-state index contributed by atoms with van der Waals surface area (Å²) in [6, 6.07) is 10.5. The third-order valence-corrected chi connectivity index (χ3v) is 5.59. The van der Waals surface area contributed by atoms with Crippen LogP contribution in [-0.2, 0) is 13.2 Å². The summed E-state index contributed by atoms with van der Waals surface area (Å²) in [6.45, 7) is 6.46. The lowest BCUT2D eigenvalue weighted by molar-refractivity contribution is 0.260. The lowest BCUT2D eigenvalue weighted by Crippen LogP contribution is -2.37. The minimum Gasteiger partial charge on any atom is -0.493 e. The first-order chi connectivity index (χ1) is 13.6. The SMILES string of the molecule is CCN1CCCC1CNCc1cc(OC)c(OCc2ccc(F)cc2)cc1Cl. The Kier molecular flexibility index (Phi) is 7.54. The number of ether oxygens (including phenoxy) is 2. The summed E-state index contributed by atoms with van der Waals surface area (Å²) in [5, 5.41) is 4.16. The van der Waals surface area contributed by atoms with E-state index < -0.39 is 0 Å². The van der Waals surface area contributed by atoms with Crippen LogP contribution >= 0.6 is 11.6 Å². The third kappa shape index (κ3) is 5.37. The number of nitrogens with one attached hydrogen (secondary N) is 1. The van der Waals surface area contributed by atoms with Crippen molar-refractivity contribution >= 4 is 11.6 Å². The van der Waals surface area contributed by atoms with Crippen LogP contribution in [0, 0.1) is 5.82 Å². The van der Waals surface area contributed by atoms with Gasteiger partial charge in [-0.3, -0.25) is 4.90 Å². The van der Waals surface area contributed by atoms with Gasteiger partial charge in [-0.1, -0.05) is 30.7 Å². The van der Waals surface area contributed by atoms with Crippen LogP contribution < -0.4 is 14.8 Å². The van der Waals surface area contributed by atoms with Crippen LogP contribution in [0.25, 0.3) is 0 Å². The molecule has 0 radical (unpaired) electrons. The molecular weight excluding hydrogens is 379 g/mol. The monoisotopic (exact) mass is 406 g/mol. The first-order valence-corrected chi connectivity index (χ1v) is 10.2. The Morgan fingerprint density at radius 1 is 1.21 bits per heavy atom. The molecule has 1 atom stereocenters. The Hall–Kier alpha value is -1.82. The van der Waals surface area contributed by atoms with Crippen molar-refractivity contribution in [3.63, 3.8) is 0 Å². The molecule has 2 aromatic carbocycles. The number of hydrogen-bond donors (Lipinski definition) is 1. The number of methoxy groups -OCH3 is 1. The summed E-state index contributed by atoms with van der Waals surface area (Å²) in [5.74, 6) is 0.953. The van der Waals surface area contributed by atoms with Crippen LogP contribution in [0.1, 0.15) is 30.9 Å². The average Bonchev–Trinajstić information content (AvgIpc) is 3.16. The highest BCUT2D eigenvalue weighted by molar-refractivity contribution is 6.31. The number of rotatable bonds is 9. The molecule has 3 rings (SSSR count). The van der Waals surface area contributed by atoms with Gasteiger partial charge in [0.25, 0.3) is 0 Å². The van der Waals surface area contributed by atoms with Gasteiger partial charge in [-0.2, -0.15) is 0 Å². The van der Waals surface area contributed by atoms with Crippen LogP contribution in [-0.4, -0.2) is 37.7 Å². The molecule has 1 aliphatic rings. The van der Waals surface area contributed by atoms with Gasteiger partial charge in [-0.25, -0.2) is 4.39 Å². The molecule has 6 heteroatoms. The molecule has 1 unspecified atom stereocenters. The largest absolute Gasteiger partial charge is 0.493 e. The molecule has 28 heavy (non-hydrogen) atoms. The van der Waals surface area contributed by atoms with Crippen LogP contribution in [0.2, 0.25) is 5.02 Å². The van der Waals surface area contributed by atoms with Gasteiger partial charge in [0.1, 0.15) is 12.4 Å². The van der Waals surface area contributed by atoms with Crippen molar-refractivity contribution in [2.75, 3.05) is 26.7 Å². The Balaban J connectivity index is 1.59. The second-order valence-corrected chi connectivity index (χ2v) is 7.47. The summed E-state index contributed by atoms with van der Waals surface area (Å²) < 4.78 is 24.3. The van der Waals surface area contributed by atoms with E-state index in [1.54, 1.807) is 25.3 Å². The van der Waals surface area contributed by atoms with E-state index in [4.69, 9.17) is 21.1 Å². The van der Waals surface area contributed by atoms with E-state index in [-0.39, 0.29) is 5.82 Å². The van der Waals surface area contributed by atoms with Gasteiger partial charge in [0.05, 0.1) is 7.11 Å². The molecule has 0 aliphatic carbocycles. The minimum absolute atomic E-state index is 0.263. The fourth-order valence-electron chi connectivity index (χ4n) is 3.64. The number of likely N-dealkylation sites (N-methyl/N-ethyl adjacent to an activating group) is 1. The van der Waals surface area contributed by atoms with Crippen molar-refractivity contribution in [3.8, 4) is 11.5 Å².